The molecule has 0 spiro atoms. The maximum Gasteiger partial charge on any atom is 0.307 e. The molecule has 20 heavy (non-hydrogen) atoms. The molecule has 0 bridgehead atoms. The van der Waals surface area contributed by atoms with E-state index in [4.69, 9.17) is 0 Å². The van der Waals surface area contributed by atoms with E-state index in [0.717, 1.165) is 16.5 Å². The van der Waals surface area contributed by atoms with E-state index >= 15 is 0 Å². The zero-order valence-electron chi connectivity index (χ0n) is 11.3. The van der Waals surface area contributed by atoms with Crippen molar-refractivity contribution in [3.63, 3.8) is 0 Å². The molecule has 1 aromatic heterocycles. The van der Waals surface area contributed by atoms with Gasteiger partial charge in [0.2, 0.25) is 5.91 Å². The van der Waals surface area contributed by atoms with E-state index in [9.17, 15) is 9.59 Å². The highest BCUT2D eigenvalue weighted by molar-refractivity contribution is 5.87. The first-order valence-electron chi connectivity index (χ1n) is 6.37. The summed E-state index contributed by atoms with van der Waals surface area (Å²) in [4.78, 5) is 27.1. The third kappa shape index (κ3) is 3.54. The number of para-hydroxylation sites is 1. The molecule has 0 radical (unpaired) electrons. The van der Waals surface area contributed by atoms with Crippen molar-refractivity contribution >= 4 is 22.8 Å². The number of pyridine rings is 1. The second kappa shape index (κ2) is 6.65. The van der Waals surface area contributed by atoms with Crippen LogP contribution in [0.25, 0.3) is 10.9 Å². The van der Waals surface area contributed by atoms with Crippen molar-refractivity contribution in [2.45, 2.75) is 12.8 Å². The van der Waals surface area contributed by atoms with Crippen LogP contribution in [0.15, 0.2) is 36.5 Å². The smallest absolute Gasteiger partial charge is 0.307 e. The van der Waals surface area contributed by atoms with Gasteiger partial charge in [-0.15, -0.1) is 0 Å². The summed E-state index contributed by atoms with van der Waals surface area (Å²) in [5, 5.41) is 3.70. The van der Waals surface area contributed by atoms with Crippen LogP contribution < -0.4 is 5.32 Å². The van der Waals surface area contributed by atoms with Crippen molar-refractivity contribution in [3.05, 3.63) is 42.1 Å². The van der Waals surface area contributed by atoms with Crippen LogP contribution in [0.3, 0.4) is 0 Å². The van der Waals surface area contributed by atoms with Crippen LogP contribution in [0.1, 0.15) is 12.0 Å². The first-order chi connectivity index (χ1) is 9.70. The Bertz CT molecular complexity index is 620. The molecule has 0 saturated heterocycles. The van der Waals surface area contributed by atoms with Crippen molar-refractivity contribution in [2.75, 3.05) is 13.7 Å². The number of nitrogens with zero attached hydrogens (tertiary/aromatic N) is 1. The molecular formula is C15H16N2O3. The van der Waals surface area contributed by atoms with E-state index in [-0.39, 0.29) is 31.3 Å². The average molecular weight is 272 g/mol. The lowest BCUT2D eigenvalue weighted by Crippen LogP contribution is -2.27. The van der Waals surface area contributed by atoms with Crippen LogP contribution >= 0.6 is 0 Å². The Hall–Kier alpha value is -2.43. The highest BCUT2D eigenvalue weighted by atomic mass is 16.5. The van der Waals surface area contributed by atoms with E-state index in [2.05, 4.69) is 15.0 Å². The minimum Gasteiger partial charge on any atom is -0.469 e. The summed E-state index contributed by atoms with van der Waals surface area (Å²) < 4.78 is 4.51. The summed E-state index contributed by atoms with van der Waals surface area (Å²) in [6.07, 6.45) is 2.13. The Kier molecular flexibility index (Phi) is 4.65. The largest absolute Gasteiger partial charge is 0.469 e. The molecule has 1 amide bonds. The van der Waals surface area contributed by atoms with Crippen LogP contribution in [-0.2, 0) is 20.7 Å². The Morgan fingerprint density at radius 2 is 2.05 bits per heavy atom. The number of benzene rings is 1. The zero-order chi connectivity index (χ0) is 14.4. The molecule has 1 aromatic carbocycles. The van der Waals surface area contributed by atoms with Crippen molar-refractivity contribution in [3.8, 4) is 0 Å². The number of carbonyl (C=O) groups is 2. The van der Waals surface area contributed by atoms with Crippen molar-refractivity contribution in [1.29, 1.82) is 0 Å². The first kappa shape index (κ1) is 14.0. The van der Waals surface area contributed by atoms with E-state index in [1.807, 2.05) is 30.3 Å². The zero-order valence-corrected chi connectivity index (χ0v) is 11.3. The molecule has 0 fully saturated rings. The normalized spacial score (nSPS) is 10.2. The fraction of sp³-hybridized carbons (Fsp3) is 0.267. The number of aromatic nitrogens is 1. The van der Waals surface area contributed by atoms with Crippen LogP contribution in [0.5, 0.6) is 0 Å². The van der Waals surface area contributed by atoms with Gasteiger partial charge in [0, 0.05) is 18.1 Å². The summed E-state index contributed by atoms with van der Waals surface area (Å²) in [6, 6.07) is 9.57. The summed E-state index contributed by atoms with van der Waals surface area (Å²) in [6.45, 7) is 0.281. The van der Waals surface area contributed by atoms with Gasteiger partial charge in [0.15, 0.2) is 0 Å². The van der Waals surface area contributed by atoms with Gasteiger partial charge in [0.25, 0.3) is 0 Å². The van der Waals surface area contributed by atoms with Crippen molar-refractivity contribution in [1.82, 2.24) is 10.3 Å². The molecule has 0 atom stereocenters. The van der Waals surface area contributed by atoms with Gasteiger partial charge in [-0.25, -0.2) is 0 Å². The second-order valence-corrected chi connectivity index (χ2v) is 4.35. The van der Waals surface area contributed by atoms with Gasteiger partial charge >= 0.3 is 5.97 Å². The SMILES string of the molecule is COC(=O)CCNC(=O)Cc1cccc2cccnc12. The summed E-state index contributed by atoms with van der Waals surface area (Å²) >= 11 is 0. The third-order valence-corrected chi connectivity index (χ3v) is 2.95. The Morgan fingerprint density at radius 3 is 2.85 bits per heavy atom. The van der Waals surface area contributed by atoms with E-state index in [0.29, 0.717) is 0 Å². The molecule has 5 heteroatoms. The predicted octanol–water partition coefficient (Wildman–Crippen LogP) is 1.46. The lowest BCUT2D eigenvalue weighted by molar-refractivity contribution is -0.140. The van der Waals surface area contributed by atoms with Gasteiger partial charge in [-0.1, -0.05) is 24.3 Å². The van der Waals surface area contributed by atoms with Crippen LogP contribution in [0.4, 0.5) is 0 Å². The fourth-order valence-corrected chi connectivity index (χ4v) is 1.95. The topological polar surface area (TPSA) is 68.3 Å². The minimum atomic E-state index is -0.336. The molecule has 2 rings (SSSR count). The molecule has 5 nitrogen and oxygen atoms in total. The Labute approximate surface area is 117 Å². The van der Waals surface area contributed by atoms with E-state index in [1.165, 1.54) is 7.11 Å². The predicted molar refractivity (Wildman–Crippen MR) is 75.1 cm³/mol. The molecule has 2 aromatic rings. The Morgan fingerprint density at radius 1 is 1.25 bits per heavy atom. The number of carbonyl (C=O) groups excluding carboxylic acids is 2. The van der Waals surface area contributed by atoms with Gasteiger partial charge in [-0.3, -0.25) is 14.6 Å². The molecule has 0 unspecified atom stereocenters. The van der Waals surface area contributed by atoms with Crippen LogP contribution in [-0.4, -0.2) is 30.5 Å². The van der Waals surface area contributed by atoms with Gasteiger partial charge < -0.3 is 10.1 Å². The van der Waals surface area contributed by atoms with Crippen LogP contribution in [0.2, 0.25) is 0 Å². The maximum atomic E-state index is 11.8. The standard InChI is InChI=1S/C15H16N2O3/c1-20-14(19)7-9-16-13(18)10-12-5-2-4-11-6-3-8-17-15(11)12/h2-6,8H,7,9-10H2,1H3,(H,16,18). The third-order valence-electron chi connectivity index (χ3n) is 2.95. The van der Waals surface area contributed by atoms with Crippen molar-refractivity contribution < 1.29 is 14.3 Å². The number of fused-ring (bicyclic) bond motifs is 1. The van der Waals surface area contributed by atoms with Crippen LogP contribution in [0, 0.1) is 0 Å². The summed E-state index contributed by atoms with van der Waals surface area (Å²) in [5.74, 6) is -0.468. The van der Waals surface area contributed by atoms with Gasteiger partial charge in [-0.05, 0) is 11.6 Å². The number of amides is 1. The second-order valence-electron chi connectivity index (χ2n) is 4.35. The summed E-state index contributed by atoms with van der Waals surface area (Å²) in [7, 11) is 1.33. The lowest BCUT2D eigenvalue weighted by atomic mass is 10.1. The lowest BCUT2D eigenvalue weighted by Gasteiger charge is -2.06. The molecule has 0 aliphatic heterocycles. The van der Waals surface area contributed by atoms with Crippen molar-refractivity contribution in [2.24, 2.45) is 0 Å². The van der Waals surface area contributed by atoms with E-state index < -0.39 is 0 Å². The molecular weight excluding hydrogens is 256 g/mol. The quantitative estimate of drug-likeness (QED) is 0.837. The number of hydrogen-bond acceptors (Lipinski definition) is 4. The monoisotopic (exact) mass is 272 g/mol. The van der Waals surface area contributed by atoms with E-state index in [1.54, 1.807) is 6.20 Å². The number of esters is 1. The fourth-order valence-electron chi connectivity index (χ4n) is 1.95. The maximum absolute atomic E-state index is 11.8. The number of rotatable bonds is 5. The molecule has 1 heterocycles. The molecule has 0 aliphatic rings. The van der Waals surface area contributed by atoms with Gasteiger partial charge in [0.1, 0.15) is 0 Å². The Balaban J connectivity index is 1.98. The summed E-state index contributed by atoms with van der Waals surface area (Å²) in [5.41, 5.74) is 1.71. The highest BCUT2D eigenvalue weighted by Crippen LogP contribution is 2.16. The number of hydrogen-bond donors (Lipinski definition) is 1. The number of nitrogens with one attached hydrogen (secondary N) is 1. The van der Waals surface area contributed by atoms with Gasteiger partial charge in [-0.2, -0.15) is 0 Å². The van der Waals surface area contributed by atoms with Gasteiger partial charge in [0.05, 0.1) is 25.5 Å². The molecule has 0 saturated carbocycles. The first-order valence-corrected chi connectivity index (χ1v) is 6.37. The molecule has 1 N–H and O–H groups in total. The average Bonchev–Trinajstić information content (AvgIpc) is 2.47. The number of methoxy groups -OCH3 is 1. The number of ether oxygens (including phenoxy) is 1. The molecule has 0 aliphatic carbocycles. The highest BCUT2D eigenvalue weighted by Gasteiger charge is 2.08. The molecule has 104 valence electrons. The minimum absolute atomic E-state index is 0.132.